The Balaban J connectivity index is 1.70. The number of hydrogen-bond acceptors (Lipinski definition) is 6. The minimum Gasteiger partial charge on any atom is -0.481 e. The molecule has 3 rings (SSSR count). The van der Waals surface area contributed by atoms with Gasteiger partial charge in [0.15, 0.2) is 0 Å². The normalized spacial score (nSPS) is 17.6. The lowest BCUT2D eigenvalue weighted by molar-refractivity contribution is -0.146. The molecule has 1 aliphatic rings. The number of ether oxygens (including phenoxy) is 1. The number of anilines is 2. The Labute approximate surface area is 216 Å². The molecule has 10 nitrogen and oxygen atoms in total. The lowest BCUT2D eigenvalue weighted by Gasteiger charge is -2.38. The Kier molecular flexibility index (Phi) is 8.52. The maximum absolute atomic E-state index is 13.2. The van der Waals surface area contributed by atoms with Gasteiger partial charge in [0.1, 0.15) is 11.4 Å². The zero-order valence-corrected chi connectivity index (χ0v) is 21.8. The minimum absolute atomic E-state index is 0.0768. The quantitative estimate of drug-likeness (QED) is 0.510. The molecule has 0 radical (unpaired) electrons. The van der Waals surface area contributed by atoms with Crippen LogP contribution in [-0.4, -0.2) is 51.0 Å². The van der Waals surface area contributed by atoms with Crippen molar-refractivity contribution in [2.24, 2.45) is 5.92 Å². The molecule has 0 bridgehead atoms. The highest BCUT2D eigenvalue weighted by atomic mass is 16.6. The van der Waals surface area contributed by atoms with Crippen LogP contribution in [0.2, 0.25) is 0 Å². The van der Waals surface area contributed by atoms with E-state index >= 15 is 0 Å². The van der Waals surface area contributed by atoms with Crippen molar-refractivity contribution < 1.29 is 29.0 Å². The molecule has 1 saturated heterocycles. The van der Waals surface area contributed by atoms with Crippen LogP contribution in [0.1, 0.15) is 63.3 Å². The van der Waals surface area contributed by atoms with Gasteiger partial charge in [-0.3, -0.25) is 19.7 Å². The molecule has 3 N–H and O–H groups in total. The zero-order chi connectivity index (χ0) is 27.3. The predicted octanol–water partition coefficient (Wildman–Crippen LogP) is 4.30. The van der Waals surface area contributed by atoms with Crippen LogP contribution < -0.4 is 10.6 Å². The summed E-state index contributed by atoms with van der Waals surface area (Å²) in [5.74, 6) is -1.82. The Morgan fingerprint density at radius 3 is 2.38 bits per heavy atom. The summed E-state index contributed by atoms with van der Waals surface area (Å²) in [6, 6.07) is 8.45. The molecular weight excluding hydrogens is 476 g/mol. The van der Waals surface area contributed by atoms with Crippen molar-refractivity contribution in [3.8, 4) is 0 Å². The van der Waals surface area contributed by atoms with E-state index in [-0.39, 0.29) is 24.2 Å². The standard InChI is InChI=1S/C27H34N4O6/c1-16-6-11-21(19-9-7-18(8-10-19)13-22(32)33)31(15-16)25(35)24(34)29-20-12-17(2)23(28-14-20)30-26(36)37-27(3,4)5/h7-10,12,14,16,21H,6,11,13,15H2,1-5H3,(H,29,34)(H,32,33)(H,28,30,36)/t16-,21+/m1/s1. The van der Waals surface area contributed by atoms with Gasteiger partial charge in [0.2, 0.25) is 0 Å². The molecule has 0 saturated carbocycles. The molecule has 1 aliphatic heterocycles. The number of nitrogens with zero attached hydrogens (tertiary/aromatic N) is 2. The van der Waals surface area contributed by atoms with Gasteiger partial charge in [-0.15, -0.1) is 0 Å². The number of aryl methyl sites for hydroxylation is 1. The molecule has 2 heterocycles. The zero-order valence-electron chi connectivity index (χ0n) is 21.8. The molecule has 2 aromatic rings. The molecule has 0 spiro atoms. The van der Waals surface area contributed by atoms with Crippen LogP contribution in [0, 0.1) is 12.8 Å². The number of nitrogens with one attached hydrogen (secondary N) is 2. The van der Waals surface area contributed by atoms with Crippen molar-refractivity contribution in [3.63, 3.8) is 0 Å². The van der Waals surface area contributed by atoms with Gasteiger partial charge in [-0.05, 0) is 69.2 Å². The second kappa shape index (κ2) is 11.4. The Morgan fingerprint density at radius 2 is 1.78 bits per heavy atom. The van der Waals surface area contributed by atoms with E-state index in [0.29, 0.717) is 29.8 Å². The number of aromatic nitrogens is 1. The third-order valence-electron chi connectivity index (χ3n) is 5.95. The van der Waals surface area contributed by atoms with E-state index in [0.717, 1.165) is 12.0 Å². The largest absolute Gasteiger partial charge is 0.481 e. The van der Waals surface area contributed by atoms with Crippen LogP contribution in [0.25, 0.3) is 0 Å². The lowest BCUT2D eigenvalue weighted by atomic mass is 9.89. The first-order chi connectivity index (χ1) is 17.3. The Morgan fingerprint density at radius 1 is 1.11 bits per heavy atom. The highest BCUT2D eigenvalue weighted by molar-refractivity contribution is 6.39. The van der Waals surface area contributed by atoms with Crippen molar-refractivity contribution in [2.75, 3.05) is 17.2 Å². The first kappa shape index (κ1) is 27.6. The summed E-state index contributed by atoms with van der Waals surface area (Å²) in [4.78, 5) is 54.9. The van der Waals surface area contributed by atoms with E-state index < -0.39 is 29.5 Å². The first-order valence-electron chi connectivity index (χ1n) is 12.2. The number of likely N-dealkylation sites (tertiary alicyclic amines) is 1. The fraction of sp³-hybridized carbons (Fsp3) is 0.444. The Hall–Kier alpha value is -3.95. The monoisotopic (exact) mass is 510 g/mol. The fourth-order valence-electron chi connectivity index (χ4n) is 4.25. The molecule has 0 aliphatic carbocycles. The van der Waals surface area contributed by atoms with E-state index in [1.165, 1.54) is 6.20 Å². The van der Waals surface area contributed by atoms with Gasteiger partial charge in [0.05, 0.1) is 24.3 Å². The molecule has 37 heavy (non-hydrogen) atoms. The van der Waals surface area contributed by atoms with Crippen molar-refractivity contribution in [2.45, 2.75) is 65.5 Å². The van der Waals surface area contributed by atoms with E-state index in [1.54, 1.807) is 50.8 Å². The number of pyridine rings is 1. The predicted molar refractivity (Wildman–Crippen MR) is 138 cm³/mol. The lowest BCUT2D eigenvalue weighted by Crippen LogP contribution is -2.46. The van der Waals surface area contributed by atoms with E-state index in [2.05, 4.69) is 15.6 Å². The number of amides is 3. The molecular formula is C27H34N4O6. The van der Waals surface area contributed by atoms with Gasteiger partial charge >= 0.3 is 23.9 Å². The first-order valence-corrected chi connectivity index (χ1v) is 12.2. The third-order valence-corrected chi connectivity index (χ3v) is 5.95. The van der Waals surface area contributed by atoms with E-state index in [4.69, 9.17) is 9.84 Å². The molecule has 3 amide bonds. The number of carbonyl (C=O) groups excluding carboxylic acids is 3. The molecule has 198 valence electrons. The summed E-state index contributed by atoms with van der Waals surface area (Å²) in [6.45, 7) is 9.45. The number of carbonyl (C=O) groups is 4. The number of benzene rings is 1. The van der Waals surface area contributed by atoms with Crippen LogP contribution in [0.15, 0.2) is 36.5 Å². The van der Waals surface area contributed by atoms with Gasteiger partial charge in [0.25, 0.3) is 0 Å². The number of aliphatic carboxylic acids is 1. The number of rotatable bonds is 5. The van der Waals surface area contributed by atoms with Gasteiger partial charge < -0.3 is 20.1 Å². The van der Waals surface area contributed by atoms with Crippen LogP contribution >= 0.6 is 0 Å². The second-order valence-electron chi connectivity index (χ2n) is 10.4. The van der Waals surface area contributed by atoms with Crippen LogP contribution in [0.5, 0.6) is 0 Å². The summed E-state index contributed by atoms with van der Waals surface area (Å²) in [7, 11) is 0. The summed E-state index contributed by atoms with van der Waals surface area (Å²) in [5, 5.41) is 14.2. The summed E-state index contributed by atoms with van der Waals surface area (Å²) in [6.07, 6.45) is 2.25. The fourth-order valence-corrected chi connectivity index (χ4v) is 4.25. The van der Waals surface area contributed by atoms with Crippen molar-refractivity contribution in [1.29, 1.82) is 0 Å². The Bertz CT molecular complexity index is 1170. The van der Waals surface area contributed by atoms with Crippen molar-refractivity contribution >= 4 is 35.4 Å². The third kappa shape index (κ3) is 7.77. The van der Waals surface area contributed by atoms with Gasteiger partial charge in [-0.2, -0.15) is 0 Å². The summed E-state index contributed by atoms with van der Waals surface area (Å²) < 4.78 is 5.23. The minimum atomic E-state index is -0.911. The van der Waals surface area contributed by atoms with Crippen LogP contribution in [0.4, 0.5) is 16.3 Å². The topological polar surface area (TPSA) is 138 Å². The average molecular weight is 511 g/mol. The molecule has 1 fully saturated rings. The van der Waals surface area contributed by atoms with Gasteiger partial charge in [-0.1, -0.05) is 31.2 Å². The molecule has 1 aromatic carbocycles. The maximum atomic E-state index is 13.2. The number of hydrogen-bond donors (Lipinski definition) is 3. The van der Waals surface area contributed by atoms with Crippen molar-refractivity contribution in [1.82, 2.24) is 9.88 Å². The number of piperidine rings is 1. The SMILES string of the molecule is Cc1cc(NC(=O)C(=O)N2C[C@H](C)CC[C@H]2c2ccc(CC(=O)O)cc2)cnc1NC(=O)OC(C)(C)C. The molecule has 10 heteroatoms. The van der Waals surface area contributed by atoms with Gasteiger partial charge in [-0.25, -0.2) is 9.78 Å². The molecule has 1 aromatic heterocycles. The number of carboxylic acid groups (broad SMARTS) is 1. The smallest absolute Gasteiger partial charge is 0.413 e. The van der Waals surface area contributed by atoms with Crippen LogP contribution in [-0.2, 0) is 25.5 Å². The maximum Gasteiger partial charge on any atom is 0.413 e. The average Bonchev–Trinajstić information content (AvgIpc) is 2.79. The summed E-state index contributed by atoms with van der Waals surface area (Å²) >= 11 is 0. The highest BCUT2D eigenvalue weighted by Gasteiger charge is 2.34. The second-order valence-corrected chi connectivity index (χ2v) is 10.4. The molecule has 2 atom stereocenters. The van der Waals surface area contributed by atoms with Gasteiger partial charge in [0, 0.05) is 6.54 Å². The molecule has 0 unspecified atom stereocenters. The van der Waals surface area contributed by atoms with E-state index in [1.807, 2.05) is 19.1 Å². The summed E-state index contributed by atoms with van der Waals surface area (Å²) in [5.41, 5.74) is 1.78. The number of carboxylic acids is 1. The van der Waals surface area contributed by atoms with Crippen molar-refractivity contribution in [3.05, 3.63) is 53.2 Å². The highest BCUT2D eigenvalue weighted by Crippen LogP contribution is 2.33. The van der Waals surface area contributed by atoms with Crippen LogP contribution in [0.3, 0.4) is 0 Å². The van der Waals surface area contributed by atoms with E-state index in [9.17, 15) is 19.2 Å².